The topological polar surface area (TPSA) is 111 Å². The number of nitro benzene ring substituents is 1. The summed E-state index contributed by atoms with van der Waals surface area (Å²) in [6.07, 6.45) is 2.79. The van der Waals surface area contributed by atoms with Crippen LogP contribution in [0.2, 0.25) is 0 Å². The van der Waals surface area contributed by atoms with Gasteiger partial charge in [-0.05, 0) is 35.9 Å². The number of hydrogen-bond acceptors (Lipinski definition) is 6. The smallest absolute Gasteiger partial charge is 0.322 e. The Kier molecular flexibility index (Phi) is 4.61. The third kappa shape index (κ3) is 4.14. The molecule has 1 amide bonds. The number of amides is 1. The van der Waals surface area contributed by atoms with Crippen molar-refractivity contribution in [2.75, 3.05) is 5.32 Å². The largest absolute Gasteiger partial charge is 0.403 e. The molecular formula is C17H12N4O4. The summed E-state index contributed by atoms with van der Waals surface area (Å²) in [5, 5.41) is 20.7. The second-order valence-electron chi connectivity index (χ2n) is 4.95. The molecule has 2 aromatic carbocycles. The number of nitro groups is 1. The Bertz CT molecular complexity index is 917. The summed E-state index contributed by atoms with van der Waals surface area (Å²) in [5.74, 6) is -0.156. The molecule has 0 atom stereocenters. The molecule has 0 unspecified atom stereocenters. The fourth-order valence-corrected chi connectivity index (χ4v) is 2.00. The maximum atomic E-state index is 11.9. The van der Waals surface area contributed by atoms with Crippen molar-refractivity contribution in [2.45, 2.75) is 0 Å². The van der Waals surface area contributed by atoms with Gasteiger partial charge in [-0.15, -0.1) is 5.10 Å². The van der Waals surface area contributed by atoms with E-state index in [9.17, 15) is 14.9 Å². The van der Waals surface area contributed by atoms with Gasteiger partial charge in [0.2, 0.25) is 5.89 Å². The molecular weight excluding hydrogens is 324 g/mol. The van der Waals surface area contributed by atoms with Gasteiger partial charge in [-0.3, -0.25) is 20.2 Å². The van der Waals surface area contributed by atoms with E-state index >= 15 is 0 Å². The molecule has 0 aliphatic heterocycles. The van der Waals surface area contributed by atoms with Crippen LogP contribution in [-0.4, -0.2) is 21.0 Å². The van der Waals surface area contributed by atoms with E-state index in [0.717, 1.165) is 5.56 Å². The average molecular weight is 336 g/mol. The number of carbonyl (C=O) groups excluding carboxylic acids is 1. The molecule has 0 spiro atoms. The number of rotatable bonds is 5. The van der Waals surface area contributed by atoms with Crippen molar-refractivity contribution in [2.24, 2.45) is 0 Å². The van der Waals surface area contributed by atoms with Crippen molar-refractivity contribution in [1.29, 1.82) is 0 Å². The second kappa shape index (κ2) is 7.18. The molecule has 0 saturated carbocycles. The number of aromatic nitrogens is 2. The van der Waals surface area contributed by atoms with E-state index in [4.69, 9.17) is 4.42 Å². The number of anilines is 1. The van der Waals surface area contributed by atoms with Gasteiger partial charge in [0.25, 0.3) is 11.6 Å². The number of hydrogen-bond donors (Lipinski definition) is 1. The van der Waals surface area contributed by atoms with Crippen molar-refractivity contribution in [3.8, 4) is 11.5 Å². The Labute approximate surface area is 142 Å². The van der Waals surface area contributed by atoms with Gasteiger partial charge in [0.15, 0.2) is 0 Å². The van der Waals surface area contributed by atoms with Crippen molar-refractivity contribution in [1.82, 2.24) is 10.2 Å². The molecule has 0 radical (unpaired) electrons. The molecule has 0 fully saturated rings. The van der Waals surface area contributed by atoms with Gasteiger partial charge in [0.1, 0.15) is 0 Å². The lowest BCUT2D eigenvalue weighted by atomic mass is 10.2. The summed E-state index contributed by atoms with van der Waals surface area (Å²) in [6, 6.07) is 15.0. The molecule has 1 heterocycles. The highest BCUT2D eigenvalue weighted by atomic mass is 16.6. The zero-order valence-corrected chi connectivity index (χ0v) is 12.8. The summed E-state index contributed by atoms with van der Waals surface area (Å²) in [7, 11) is 0. The lowest BCUT2D eigenvalue weighted by Gasteiger charge is -1.96. The molecule has 0 aliphatic rings. The summed E-state index contributed by atoms with van der Waals surface area (Å²) in [6.45, 7) is 0. The van der Waals surface area contributed by atoms with Crippen molar-refractivity contribution < 1.29 is 14.1 Å². The third-order valence-electron chi connectivity index (χ3n) is 3.21. The van der Waals surface area contributed by atoms with E-state index in [1.807, 2.05) is 30.3 Å². The minimum Gasteiger partial charge on any atom is -0.403 e. The number of carbonyl (C=O) groups is 1. The van der Waals surface area contributed by atoms with Crippen LogP contribution in [0.3, 0.4) is 0 Å². The number of nitrogens with one attached hydrogen (secondary N) is 1. The second-order valence-corrected chi connectivity index (χ2v) is 4.95. The van der Waals surface area contributed by atoms with Crippen LogP contribution in [0, 0.1) is 10.1 Å². The van der Waals surface area contributed by atoms with E-state index in [1.54, 1.807) is 12.1 Å². The van der Waals surface area contributed by atoms with E-state index < -0.39 is 10.8 Å². The molecule has 8 nitrogen and oxygen atoms in total. The Morgan fingerprint density at radius 1 is 1.08 bits per heavy atom. The van der Waals surface area contributed by atoms with Gasteiger partial charge in [-0.1, -0.05) is 23.3 Å². The SMILES string of the molecule is O=C(/C=C\c1ccc([N+](=O)[O-])cc1)Nc1nnc(-c2ccccc2)o1. The maximum Gasteiger partial charge on any atom is 0.322 e. The quantitative estimate of drug-likeness (QED) is 0.435. The van der Waals surface area contributed by atoms with Crippen LogP contribution in [0.4, 0.5) is 11.7 Å². The Morgan fingerprint density at radius 3 is 2.48 bits per heavy atom. The average Bonchev–Trinajstić information content (AvgIpc) is 3.09. The van der Waals surface area contributed by atoms with Gasteiger partial charge in [-0.25, -0.2) is 0 Å². The number of nitrogens with zero attached hydrogens (tertiary/aromatic N) is 3. The first-order valence-corrected chi connectivity index (χ1v) is 7.24. The van der Waals surface area contributed by atoms with Crippen molar-refractivity contribution >= 4 is 23.7 Å². The lowest BCUT2D eigenvalue weighted by molar-refractivity contribution is -0.384. The zero-order chi connectivity index (χ0) is 17.6. The minimum absolute atomic E-state index is 0.0131. The van der Waals surface area contributed by atoms with Gasteiger partial charge in [-0.2, -0.15) is 0 Å². The summed E-state index contributed by atoms with van der Waals surface area (Å²) in [4.78, 5) is 22.0. The standard InChI is InChI=1S/C17H12N4O4/c22-15(11-8-12-6-9-14(10-7-12)21(23)24)18-17-20-19-16(25-17)13-4-2-1-3-5-13/h1-11H,(H,18,20,22)/b11-8-. The third-order valence-corrected chi connectivity index (χ3v) is 3.21. The van der Waals surface area contributed by atoms with Crippen molar-refractivity contribution in [3.63, 3.8) is 0 Å². The highest BCUT2D eigenvalue weighted by Gasteiger charge is 2.09. The molecule has 3 rings (SSSR count). The minimum atomic E-state index is -0.486. The van der Waals surface area contributed by atoms with Gasteiger partial charge < -0.3 is 4.42 Å². The Morgan fingerprint density at radius 2 is 1.80 bits per heavy atom. The normalized spacial score (nSPS) is 10.7. The van der Waals surface area contributed by atoms with E-state index in [2.05, 4.69) is 15.5 Å². The highest BCUT2D eigenvalue weighted by molar-refractivity contribution is 6.00. The van der Waals surface area contributed by atoms with Crippen LogP contribution in [0.5, 0.6) is 0 Å². The molecule has 0 aliphatic carbocycles. The van der Waals surface area contributed by atoms with Gasteiger partial charge in [0.05, 0.1) is 4.92 Å². The fourth-order valence-electron chi connectivity index (χ4n) is 2.00. The van der Waals surface area contributed by atoms with Crippen LogP contribution in [0.15, 0.2) is 65.1 Å². The maximum absolute atomic E-state index is 11.9. The van der Waals surface area contributed by atoms with Crippen LogP contribution in [0.1, 0.15) is 5.56 Å². The van der Waals surface area contributed by atoms with E-state index in [1.165, 1.54) is 24.3 Å². The first-order chi connectivity index (χ1) is 12.1. The van der Waals surface area contributed by atoms with Crippen LogP contribution >= 0.6 is 0 Å². The summed E-state index contributed by atoms with van der Waals surface area (Å²) >= 11 is 0. The van der Waals surface area contributed by atoms with Gasteiger partial charge in [0, 0.05) is 23.8 Å². The highest BCUT2D eigenvalue weighted by Crippen LogP contribution is 2.19. The molecule has 0 bridgehead atoms. The van der Waals surface area contributed by atoms with Crippen LogP contribution in [-0.2, 0) is 4.79 Å². The van der Waals surface area contributed by atoms with Crippen LogP contribution in [0.25, 0.3) is 17.5 Å². The predicted molar refractivity (Wildman–Crippen MR) is 90.5 cm³/mol. The summed E-state index contributed by atoms with van der Waals surface area (Å²) in [5.41, 5.74) is 1.38. The molecule has 8 heteroatoms. The lowest BCUT2D eigenvalue weighted by Crippen LogP contribution is -2.07. The fraction of sp³-hybridized carbons (Fsp3) is 0. The molecule has 1 aromatic heterocycles. The van der Waals surface area contributed by atoms with E-state index in [-0.39, 0.29) is 11.7 Å². The van der Waals surface area contributed by atoms with Crippen molar-refractivity contribution in [3.05, 3.63) is 76.4 Å². The molecule has 1 N–H and O–H groups in total. The molecule has 25 heavy (non-hydrogen) atoms. The molecule has 124 valence electrons. The molecule has 0 saturated heterocycles. The zero-order valence-electron chi connectivity index (χ0n) is 12.8. The molecule has 3 aromatic rings. The number of non-ortho nitro benzene ring substituents is 1. The van der Waals surface area contributed by atoms with E-state index in [0.29, 0.717) is 11.5 Å². The predicted octanol–water partition coefficient (Wildman–Crippen LogP) is 3.30. The van der Waals surface area contributed by atoms with Crippen LogP contribution < -0.4 is 5.32 Å². The van der Waals surface area contributed by atoms with Gasteiger partial charge >= 0.3 is 6.01 Å². The monoisotopic (exact) mass is 336 g/mol. The first-order valence-electron chi connectivity index (χ1n) is 7.24. The Hall–Kier alpha value is -3.81. The first kappa shape index (κ1) is 16.1. The summed E-state index contributed by atoms with van der Waals surface area (Å²) < 4.78 is 5.37. The number of benzene rings is 2. The Balaban J connectivity index is 1.63.